The average molecular weight is 428 g/mol. The highest BCUT2D eigenvalue weighted by molar-refractivity contribution is 5.91. The van der Waals surface area contributed by atoms with Crippen LogP contribution in [0.25, 0.3) is 0 Å². The van der Waals surface area contributed by atoms with Crippen molar-refractivity contribution in [2.75, 3.05) is 0 Å². The first kappa shape index (κ1) is 27.2. The molecule has 6 nitrogen and oxygen atoms in total. The quantitative estimate of drug-likeness (QED) is 0.210. The van der Waals surface area contributed by atoms with Crippen LogP contribution in [0.4, 0.5) is 0 Å². The van der Waals surface area contributed by atoms with E-state index in [0.717, 1.165) is 50.6 Å². The van der Waals surface area contributed by atoms with Crippen molar-refractivity contribution in [2.24, 2.45) is 5.73 Å². The number of H-pyrrole nitrogens is 1. The van der Waals surface area contributed by atoms with Crippen molar-refractivity contribution in [1.82, 2.24) is 9.97 Å². The molecule has 0 aliphatic heterocycles. The van der Waals surface area contributed by atoms with Crippen LogP contribution < -0.4 is 5.73 Å². The monoisotopic (exact) mass is 427 g/mol. The summed E-state index contributed by atoms with van der Waals surface area (Å²) in [6, 6.07) is 0. The van der Waals surface area contributed by atoms with E-state index in [0.29, 0.717) is 12.1 Å². The second-order valence-electron chi connectivity index (χ2n) is 7.43. The summed E-state index contributed by atoms with van der Waals surface area (Å²) in [4.78, 5) is 28.5. The van der Waals surface area contributed by atoms with Crippen molar-refractivity contribution in [3.05, 3.63) is 29.9 Å². The van der Waals surface area contributed by atoms with E-state index in [1.807, 2.05) is 0 Å². The van der Waals surface area contributed by atoms with Gasteiger partial charge in [0.05, 0.1) is 6.33 Å². The number of imidazole rings is 1. The summed E-state index contributed by atoms with van der Waals surface area (Å²) in [6.45, 7) is 0. The minimum atomic E-state index is -0.684. The molecule has 1 aromatic heterocycles. The smallest absolute Gasteiger partial charge is 0.303 e. The van der Waals surface area contributed by atoms with Crippen molar-refractivity contribution in [2.45, 2.75) is 96.3 Å². The summed E-state index contributed by atoms with van der Waals surface area (Å²) in [7, 11) is 0. The molecule has 0 aliphatic rings. The number of nitrogens with two attached hydrogens (primary N) is 1. The zero-order valence-electron chi connectivity index (χ0n) is 17.5. The number of hydrogen-bond donors (Lipinski definition) is 3. The van der Waals surface area contributed by atoms with E-state index >= 15 is 0 Å². The summed E-state index contributed by atoms with van der Waals surface area (Å²) in [5.74, 6) is -1.14. The summed E-state index contributed by atoms with van der Waals surface area (Å²) in [5, 5.41) is 8.56. The van der Waals surface area contributed by atoms with Gasteiger partial charge >= 0.3 is 5.97 Å². The summed E-state index contributed by atoms with van der Waals surface area (Å²) < 4.78 is 0. The van der Waals surface area contributed by atoms with Gasteiger partial charge in [0.25, 0.3) is 5.91 Å². The highest BCUT2D eigenvalue weighted by atomic mass is 35.5. The highest BCUT2D eigenvalue weighted by Gasteiger charge is 2.10. The molecule has 29 heavy (non-hydrogen) atoms. The third kappa shape index (κ3) is 14.8. The first-order valence-corrected chi connectivity index (χ1v) is 10.8. The van der Waals surface area contributed by atoms with Gasteiger partial charge in [-0.2, -0.15) is 0 Å². The Labute approximate surface area is 181 Å². The maximum Gasteiger partial charge on any atom is 0.303 e. The number of amides is 1. The lowest BCUT2D eigenvalue weighted by Gasteiger charge is -2.02. The van der Waals surface area contributed by atoms with Gasteiger partial charge in [0, 0.05) is 12.1 Å². The Kier molecular flexibility index (Phi) is 17.1. The molecule has 0 aliphatic carbocycles. The van der Waals surface area contributed by atoms with Crippen LogP contribution in [0.1, 0.15) is 106 Å². The molecule has 0 saturated carbocycles. The van der Waals surface area contributed by atoms with Crippen molar-refractivity contribution < 1.29 is 14.7 Å². The highest BCUT2D eigenvalue weighted by Crippen LogP contribution is 2.12. The molecule has 1 heterocycles. The number of unbranched alkanes of at least 4 members (excludes halogenated alkanes) is 11. The van der Waals surface area contributed by atoms with Crippen LogP contribution in [0.3, 0.4) is 0 Å². The fourth-order valence-corrected chi connectivity index (χ4v) is 3.30. The maximum absolute atomic E-state index is 11.2. The lowest BCUT2D eigenvalue weighted by atomic mass is 10.1. The number of carbonyl (C=O) groups is 2. The van der Waals surface area contributed by atoms with E-state index in [2.05, 4.69) is 22.1 Å². The molecule has 7 heteroatoms. The second-order valence-corrected chi connectivity index (χ2v) is 7.43. The van der Waals surface area contributed by atoms with E-state index in [-0.39, 0.29) is 12.4 Å². The number of aryl methyl sites for hydroxylation is 1. The number of hydrogen-bond acceptors (Lipinski definition) is 3. The van der Waals surface area contributed by atoms with Gasteiger partial charge in [-0.15, -0.1) is 12.4 Å². The number of allylic oxidation sites excluding steroid dienone is 2. The molecular formula is C22H38ClN3O3. The Balaban J connectivity index is 0.00000784. The number of nitrogens with zero attached hydrogens (tertiary/aromatic N) is 1. The summed E-state index contributed by atoms with van der Waals surface area (Å²) in [5.41, 5.74) is 6.52. The van der Waals surface area contributed by atoms with E-state index in [4.69, 9.17) is 10.8 Å². The summed E-state index contributed by atoms with van der Waals surface area (Å²) >= 11 is 0. The van der Waals surface area contributed by atoms with Crippen molar-refractivity contribution in [1.29, 1.82) is 0 Å². The molecule has 0 radical (unpaired) electrons. The molecule has 0 spiro atoms. The Morgan fingerprint density at radius 1 is 0.897 bits per heavy atom. The molecule has 1 rings (SSSR count). The number of aliphatic carboxylic acids is 1. The molecule has 0 fully saturated rings. The third-order valence-electron chi connectivity index (χ3n) is 4.93. The predicted molar refractivity (Wildman–Crippen MR) is 119 cm³/mol. The minimum Gasteiger partial charge on any atom is -0.481 e. The normalized spacial score (nSPS) is 10.9. The molecular weight excluding hydrogens is 390 g/mol. The van der Waals surface area contributed by atoms with Crippen LogP contribution in [-0.2, 0) is 11.2 Å². The van der Waals surface area contributed by atoms with Gasteiger partial charge in [-0.25, -0.2) is 4.98 Å². The molecule has 1 amide bonds. The molecule has 0 atom stereocenters. The standard InChI is InChI=1S/C22H37N3O3.ClH/c23-22(28)21-19(24-18-25-21)16-14-12-10-8-6-4-2-1-3-5-7-9-11-13-15-17-20(26)27;/h1,3,18H,2,4-17H2,(H2,23,28)(H,24,25)(H,26,27);1H/b3-1-;. The van der Waals surface area contributed by atoms with Gasteiger partial charge in [0.1, 0.15) is 5.69 Å². The number of rotatable bonds is 18. The Morgan fingerprint density at radius 3 is 1.97 bits per heavy atom. The molecule has 1 aromatic rings. The van der Waals surface area contributed by atoms with Gasteiger partial charge in [-0.05, 0) is 44.9 Å². The number of carbonyl (C=O) groups excluding carboxylic acids is 1. The number of carboxylic acid groups (broad SMARTS) is 1. The first-order valence-electron chi connectivity index (χ1n) is 10.8. The third-order valence-corrected chi connectivity index (χ3v) is 4.93. The topological polar surface area (TPSA) is 109 Å². The fraction of sp³-hybridized carbons (Fsp3) is 0.682. The van der Waals surface area contributed by atoms with Crippen molar-refractivity contribution >= 4 is 24.3 Å². The van der Waals surface area contributed by atoms with Gasteiger partial charge in [0.15, 0.2) is 0 Å². The molecule has 0 unspecified atom stereocenters. The van der Waals surface area contributed by atoms with Crippen LogP contribution in [-0.4, -0.2) is 27.0 Å². The number of carboxylic acids is 1. The van der Waals surface area contributed by atoms with Crippen LogP contribution >= 0.6 is 12.4 Å². The largest absolute Gasteiger partial charge is 0.481 e. The van der Waals surface area contributed by atoms with Crippen molar-refractivity contribution in [3.63, 3.8) is 0 Å². The van der Waals surface area contributed by atoms with Gasteiger partial charge < -0.3 is 15.8 Å². The zero-order valence-corrected chi connectivity index (χ0v) is 18.4. The van der Waals surface area contributed by atoms with Crippen LogP contribution in [0.2, 0.25) is 0 Å². The van der Waals surface area contributed by atoms with E-state index < -0.39 is 11.9 Å². The molecule has 166 valence electrons. The predicted octanol–water partition coefficient (Wildman–Crippen LogP) is 5.58. The van der Waals surface area contributed by atoms with E-state index in [1.165, 1.54) is 51.3 Å². The van der Waals surface area contributed by atoms with Crippen molar-refractivity contribution in [3.8, 4) is 0 Å². The average Bonchev–Trinajstić information content (AvgIpc) is 3.13. The molecule has 4 N–H and O–H groups in total. The lowest BCUT2D eigenvalue weighted by Crippen LogP contribution is -2.13. The SMILES string of the molecule is Cl.NC(=O)c1nc[nH]c1CCCCCCCC/C=C\CCCCCCCC(=O)O. The maximum atomic E-state index is 11.2. The number of nitrogens with one attached hydrogen (secondary N) is 1. The van der Waals surface area contributed by atoms with Crippen LogP contribution in [0.15, 0.2) is 18.5 Å². The molecule has 0 aromatic carbocycles. The second kappa shape index (κ2) is 18.2. The summed E-state index contributed by atoms with van der Waals surface area (Å²) in [6.07, 6.45) is 22.2. The number of aromatic nitrogens is 2. The lowest BCUT2D eigenvalue weighted by molar-refractivity contribution is -0.137. The van der Waals surface area contributed by atoms with E-state index in [9.17, 15) is 9.59 Å². The Morgan fingerprint density at radius 2 is 1.41 bits per heavy atom. The minimum absolute atomic E-state index is 0. The van der Waals surface area contributed by atoms with Gasteiger partial charge in [-0.1, -0.05) is 57.1 Å². The van der Waals surface area contributed by atoms with Crippen LogP contribution in [0.5, 0.6) is 0 Å². The Hall–Kier alpha value is -1.82. The van der Waals surface area contributed by atoms with Gasteiger partial charge in [-0.3, -0.25) is 9.59 Å². The number of primary amides is 1. The Bertz CT molecular complexity index is 588. The first-order chi connectivity index (χ1) is 13.6. The van der Waals surface area contributed by atoms with Crippen LogP contribution in [0, 0.1) is 0 Å². The number of aromatic amines is 1. The molecule has 0 saturated heterocycles. The zero-order chi connectivity index (χ0) is 20.5. The molecule has 0 bridgehead atoms. The number of halogens is 1. The van der Waals surface area contributed by atoms with Gasteiger partial charge in [0.2, 0.25) is 0 Å². The fourth-order valence-electron chi connectivity index (χ4n) is 3.30. The van der Waals surface area contributed by atoms with E-state index in [1.54, 1.807) is 0 Å².